The van der Waals surface area contributed by atoms with E-state index in [9.17, 15) is 9.59 Å². The highest BCUT2D eigenvalue weighted by atomic mass is 35.5. The third kappa shape index (κ3) is 2.96. The maximum atomic E-state index is 12.6. The molecule has 116 valence electrons. The molecule has 0 unspecified atom stereocenters. The number of benzene rings is 2. The molecule has 0 saturated heterocycles. The second-order valence-electron chi connectivity index (χ2n) is 4.98. The predicted molar refractivity (Wildman–Crippen MR) is 91.1 cm³/mol. The van der Waals surface area contributed by atoms with E-state index in [0.29, 0.717) is 28.0 Å². The smallest absolute Gasteiger partial charge is 0.276 e. The number of aromatic nitrogens is 2. The van der Waals surface area contributed by atoms with Gasteiger partial charge in [-0.3, -0.25) is 9.59 Å². The van der Waals surface area contributed by atoms with Crippen molar-refractivity contribution in [3.63, 3.8) is 0 Å². The van der Waals surface area contributed by atoms with Crippen molar-refractivity contribution in [2.24, 2.45) is 0 Å². The number of aryl methyl sites for hydroxylation is 1. The molecule has 0 aliphatic carbocycles. The van der Waals surface area contributed by atoms with Crippen molar-refractivity contribution < 1.29 is 4.79 Å². The van der Waals surface area contributed by atoms with Crippen LogP contribution in [-0.4, -0.2) is 15.7 Å². The largest absolute Gasteiger partial charge is 0.321 e. The standard InChI is InChI=1S/C17H14ClN3O2/c1-2-21-17(23)14-6-4-3-5-13(14)15(20-21)16(22)19-12-9-7-11(18)8-10-12/h3-10H,2H2,1H3,(H,19,22). The van der Waals surface area contributed by atoms with Crippen LogP contribution in [0.15, 0.2) is 53.3 Å². The van der Waals surface area contributed by atoms with Crippen molar-refractivity contribution in [1.29, 1.82) is 0 Å². The molecule has 0 fully saturated rings. The van der Waals surface area contributed by atoms with Gasteiger partial charge < -0.3 is 5.32 Å². The van der Waals surface area contributed by atoms with Crippen LogP contribution in [0.1, 0.15) is 17.4 Å². The van der Waals surface area contributed by atoms with Crippen LogP contribution in [-0.2, 0) is 6.54 Å². The van der Waals surface area contributed by atoms with E-state index in [0.717, 1.165) is 0 Å². The Labute approximate surface area is 137 Å². The SMILES string of the molecule is CCn1nc(C(=O)Nc2ccc(Cl)cc2)c2ccccc2c1=O. The molecule has 2 aromatic carbocycles. The molecular weight excluding hydrogens is 314 g/mol. The van der Waals surface area contributed by atoms with Gasteiger partial charge in [-0.15, -0.1) is 0 Å². The molecule has 5 nitrogen and oxygen atoms in total. The normalized spacial score (nSPS) is 10.7. The summed E-state index contributed by atoms with van der Waals surface area (Å²) >= 11 is 5.84. The second-order valence-corrected chi connectivity index (χ2v) is 5.41. The second kappa shape index (κ2) is 6.22. The number of fused-ring (bicyclic) bond motifs is 1. The topological polar surface area (TPSA) is 64.0 Å². The predicted octanol–water partition coefficient (Wildman–Crippen LogP) is 3.32. The van der Waals surface area contributed by atoms with E-state index in [1.807, 2.05) is 6.92 Å². The average Bonchev–Trinajstić information content (AvgIpc) is 2.57. The maximum absolute atomic E-state index is 12.6. The molecule has 1 aromatic heterocycles. The summed E-state index contributed by atoms with van der Waals surface area (Å²) in [5, 5.41) is 8.57. The molecule has 3 rings (SSSR count). The van der Waals surface area contributed by atoms with Crippen molar-refractivity contribution in [2.45, 2.75) is 13.5 Å². The summed E-state index contributed by atoms with van der Waals surface area (Å²) in [6.45, 7) is 2.20. The maximum Gasteiger partial charge on any atom is 0.276 e. The van der Waals surface area contributed by atoms with Crippen LogP contribution in [0.5, 0.6) is 0 Å². The molecule has 0 saturated carbocycles. The van der Waals surface area contributed by atoms with Gasteiger partial charge in [-0.2, -0.15) is 5.10 Å². The fraction of sp³-hybridized carbons (Fsp3) is 0.118. The number of carbonyl (C=O) groups excluding carboxylic acids is 1. The van der Waals surface area contributed by atoms with Gasteiger partial charge in [0.05, 0.1) is 5.39 Å². The Balaban J connectivity index is 2.08. The number of hydrogen-bond donors (Lipinski definition) is 1. The van der Waals surface area contributed by atoms with Crippen LogP contribution in [0.25, 0.3) is 10.8 Å². The first-order valence-corrected chi connectivity index (χ1v) is 7.54. The van der Waals surface area contributed by atoms with Crippen LogP contribution in [0.3, 0.4) is 0 Å². The number of anilines is 1. The summed E-state index contributed by atoms with van der Waals surface area (Å²) in [5.74, 6) is -0.370. The van der Waals surface area contributed by atoms with Gasteiger partial charge >= 0.3 is 0 Å². The Morgan fingerprint density at radius 3 is 2.43 bits per heavy atom. The highest BCUT2D eigenvalue weighted by molar-refractivity contribution is 6.30. The van der Waals surface area contributed by atoms with E-state index < -0.39 is 0 Å². The van der Waals surface area contributed by atoms with Crippen molar-refractivity contribution in [3.05, 3.63) is 69.6 Å². The summed E-state index contributed by atoms with van der Waals surface area (Å²) in [5.41, 5.74) is 0.627. The minimum Gasteiger partial charge on any atom is -0.321 e. The molecule has 0 aliphatic heterocycles. The Morgan fingerprint density at radius 1 is 1.13 bits per heavy atom. The first-order valence-electron chi connectivity index (χ1n) is 7.17. The summed E-state index contributed by atoms with van der Waals surface area (Å²) in [6.07, 6.45) is 0. The zero-order valence-electron chi connectivity index (χ0n) is 12.4. The molecule has 1 heterocycles. The Hall–Kier alpha value is -2.66. The van der Waals surface area contributed by atoms with Gasteiger partial charge in [-0.1, -0.05) is 29.8 Å². The van der Waals surface area contributed by atoms with E-state index in [4.69, 9.17) is 11.6 Å². The number of nitrogens with one attached hydrogen (secondary N) is 1. The molecule has 0 radical (unpaired) electrons. The Kier molecular flexibility index (Phi) is 4.12. The van der Waals surface area contributed by atoms with Gasteiger partial charge in [-0.25, -0.2) is 4.68 Å². The fourth-order valence-electron chi connectivity index (χ4n) is 2.34. The minimum atomic E-state index is -0.370. The van der Waals surface area contributed by atoms with E-state index in [1.54, 1.807) is 48.5 Å². The minimum absolute atomic E-state index is 0.203. The first kappa shape index (κ1) is 15.2. The lowest BCUT2D eigenvalue weighted by atomic mass is 10.1. The Morgan fingerprint density at radius 2 is 1.78 bits per heavy atom. The first-order chi connectivity index (χ1) is 11.1. The molecule has 0 atom stereocenters. The molecule has 0 aliphatic rings. The Bertz CT molecular complexity index is 933. The third-order valence-electron chi connectivity index (χ3n) is 3.48. The van der Waals surface area contributed by atoms with Gasteiger partial charge in [-0.05, 0) is 37.3 Å². The summed E-state index contributed by atoms with van der Waals surface area (Å²) in [4.78, 5) is 24.9. The number of hydrogen-bond acceptors (Lipinski definition) is 3. The van der Waals surface area contributed by atoms with Crippen molar-refractivity contribution >= 4 is 34.0 Å². The lowest BCUT2D eigenvalue weighted by molar-refractivity contribution is 0.102. The number of halogens is 1. The molecular formula is C17H14ClN3O2. The average molecular weight is 328 g/mol. The molecule has 3 aromatic rings. The highest BCUT2D eigenvalue weighted by Crippen LogP contribution is 2.17. The monoisotopic (exact) mass is 327 g/mol. The number of carbonyl (C=O) groups is 1. The van der Waals surface area contributed by atoms with Crippen molar-refractivity contribution in [1.82, 2.24) is 9.78 Å². The number of nitrogens with zero attached hydrogens (tertiary/aromatic N) is 2. The third-order valence-corrected chi connectivity index (χ3v) is 3.74. The van der Waals surface area contributed by atoms with Gasteiger partial charge in [0.15, 0.2) is 5.69 Å². The van der Waals surface area contributed by atoms with Crippen molar-refractivity contribution in [2.75, 3.05) is 5.32 Å². The van der Waals surface area contributed by atoms with Crippen LogP contribution in [0.2, 0.25) is 5.02 Å². The van der Waals surface area contributed by atoms with Gasteiger partial charge in [0.2, 0.25) is 0 Å². The van der Waals surface area contributed by atoms with Gasteiger partial charge in [0.1, 0.15) is 0 Å². The molecule has 6 heteroatoms. The van der Waals surface area contributed by atoms with Gasteiger partial charge in [0, 0.05) is 22.6 Å². The zero-order chi connectivity index (χ0) is 16.4. The van der Waals surface area contributed by atoms with E-state index in [-0.39, 0.29) is 17.2 Å². The van der Waals surface area contributed by atoms with Crippen LogP contribution in [0.4, 0.5) is 5.69 Å². The quantitative estimate of drug-likeness (QED) is 0.802. The van der Waals surface area contributed by atoms with Gasteiger partial charge in [0.25, 0.3) is 11.5 Å². The molecule has 0 spiro atoms. The zero-order valence-corrected chi connectivity index (χ0v) is 13.2. The summed E-state index contributed by atoms with van der Waals surface area (Å²) in [7, 11) is 0. The summed E-state index contributed by atoms with van der Waals surface area (Å²) < 4.78 is 1.29. The number of amides is 1. The van der Waals surface area contributed by atoms with E-state index >= 15 is 0 Å². The summed E-state index contributed by atoms with van der Waals surface area (Å²) in [6, 6.07) is 13.8. The van der Waals surface area contributed by atoms with Crippen LogP contribution in [0, 0.1) is 0 Å². The molecule has 23 heavy (non-hydrogen) atoms. The highest BCUT2D eigenvalue weighted by Gasteiger charge is 2.16. The fourth-order valence-corrected chi connectivity index (χ4v) is 2.47. The molecule has 0 bridgehead atoms. The van der Waals surface area contributed by atoms with E-state index in [2.05, 4.69) is 10.4 Å². The van der Waals surface area contributed by atoms with Crippen molar-refractivity contribution in [3.8, 4) is 0 Å². The van der Waals surface area contributed by atoms with Crippen LogP contribution < -0.4 is 10.9 Å². The molecule has 1 N–H and O–H groups in total. The lowest BCUT2D eigenvalue weighted by Crippen LogP contribution is -2.27. The lowest BCUT2D eigenvalue weighted by Gasteiger charge is -2.10. The number of rotatable bonds is 3. The van der Waals surface area contributed by atoms with Crippen LogP contribution >= 0.6 is 11.6 Å². The molecule has 1 amide bonds. The van der Waals surface area contributed by atoms with E-state index in [1.165, 1.54) is 4.68 Å².